The smallest absolute Gasteiger partial charge is 0.255 e. The van der Waals surface area contributed by atoms with Crippen molar-refractivity contribution >= 4 is 34.6 Å². The van der Waals surface area contributed by atoms with Gasteiger partial charge >= 0.3 is 0 Å². The third kappa shape index (κ3) is 3.92. The first-order valence-electron chi connectivity index (χ1n) is 13.8. The molecule has 3 aliphatic carbocycles. The van der Waals surface area contributed by atoms with Crippen molar-refractivity contribution in [2.75, 3.05) is 38.4 Å². The van der Waals surface area contributed by atoms with Gasteiger partial charge in [-0.2, -0.15) is 5.26 Å². The highest BCUT2D eigenvalue weighted by Crippen LogP contribution is 2.59. The topological polar surface area (TPSA) is 232 Å². The highest BCUT2D eigenvalue weighted by Gasteiger charge is 2.74. The fraction of sp³-hybridized carbons (Fsp3) is 0.355. The number of phenols is 1. The van der Waals surface area contributed by atoms with Gasteiger partial charge in [-0.15, -0.1) is 0 Å². The van der Waals surface area contributed by atoms with E-state index in [1.54, 1.807) is 31.1 Å². The average Bonchev–Trinajstić information content (AvgIpc) is 2.92. The fourth-order valence-corrected chi connectivity index (χ4v) is 7.21. The van der Waals surface area contributed by atoms with Crippen LogP contribution in [0.25, 0.3) is 5.76 Å². The molecule has 0 radical (unpaired) electrons. The number of nitrogens with one attached hydrogen (secondary N) is 1. The van der Waals surface area contributed by atoms with Crippen LogP contribution in [0.2, 0.25) is 0 Å². The Morgan fingerprint density at radius 3 is 2.30 bits per heavy atom. The van der Waals surface area contributed by atoms with Crippen LogP contribution in [0, 0.1) is 16.7 Å². The number of phenolic OH excluding ortho intramolecular Hbond substituents is 1. The number of primary amides is 1. The van der Waals surface area contributed by atoms with Crippen LogP contribution in [0.3, 0.4) is 0 Å². The van der Waals surface area contributed by atoms with Crippen molar-refractivity contribution in [3.8, 4) is 11.8 Å². The van der Waals surface area contributed by atoms with Gasteiger partial charge in [0.1, 0.15) is 22.8 Å². The van der Waals surface area contributed by atoms with Crippen molar-refractivity contribution < 1.29 is 29.7 Å². The summed E-state index contributed by atoms with van der Waals surface area (Å²) in [7, 11) is 6.47. The maximum Gasteiger partial charge on any atom is 0.255 e. The summed E-state index contributed by atoms with van der Waals surface area (Å²) in [6.07, 6.45) is -0.570. The van der Waals surface area contributed by atoms with Gasteiger partial charge in [0.25, 0.3) is 5.91 Å². The molecule has 0 spiro atoms. The van der Waals surface area contributed by atoms with Gasteiger partial charge < -0.3 is 42.7 Å². The van der Waals surface area contributed by atoms with E-state index in [-0.39, 0.29) is 23.4 Å². The van der Waals surface area contributed by atoms with Crippen LogP contribution in [-0.4, -0.2) is 83.0 Å². The van der Waals surface area contributed by atoms with Gasteiger partial charge in [0, 0.05) is 26.3 Å². The van der Waals surface area contributed by atoms with E-state index in [9.17, 15) is 35.0 Å². The summed E-state index contributed by atoms with van der Waals surface area (Å²) < 4.78 is 0. The lowest BCUT2D eigenvalue weighted by molar-refractivity contribution is -0.139. The molecule has 0 aliphatic heterocycles. The Balaban J connectivity index is 1.79. The lowest BCUT2D eigenvalue weighted by Gasteiger charge is -2.58. The zero-order valence-electron chi connectivity index (χ0n) is 24.8. The number of carbonyl (C=O) groups is 3. The lowest BCUT2D eigenvalue weighted by atomic mass is 9.47. The fourth-order valence-electron chi connectivity index (χ4n) is 7.21. The standard InChI is InChI=1S/C31H35N7O6/c1-37(2)18-10-17(36-12-15-8-6-5-7-9-15)22(39)19-16(18)11-29(34)13-31(35)25(38(3)4)24(41)20(28(33)44)26(42)30(31,14-32)27(43)21(29)23(19)40/h5-10,25,36,39-40,42H,11-13,34-35H2,1-4H3,(H2,33,44)/t25-,29-,30+,31-/m1/s1. The number of amides is 1. The number of aliphatic hydroxyl groups excluding tert-OH is 2. The molecule has 1 amide bonds. The number of aliphatic hydroxyl groups is 2. The number of likely N-dealkylation sites (N-methyl/N-ethyl adjacent to an activating group) is 1. The number of carbonyl (C=O) groups excluding carboxylic acids is 3. The van der Waals surface area contributed by atoms with E-state index < -0.39 is 69.1 Å². The molecular formula is C31H35N7O6. The number of nitrogens with two attached hydrogens (primary N) is 3. The number of Topliss-reactive ketones (excluding diaryl/α,β-unsaturated/α-hetero) is 2. The maximum absolute atomic E-state index is 14.6. The van der Waals surface area contributed by atoms with Crippen LogP contribution in [0.15, 0.2) is 53.3 Å². The number of ketones is 2. The molecule has 10 N–H and O–H groups in total. The van der Waals surface area contributed by atoms with Crippen molar-refractivity contribution in [1.29, 1.82) is 5.26 Å². The van der Waals surface area contributed by atoms with Gasteiger partial charge in [0.05, 0.1) is 40.0 Å². The summed E-state index contributed by atoms with van der Waals surface area (Å²) in [4.78, 5) is 43.6. The van der Waals surface area contributed by atoms with E-state index in [1.807, 2.05) is 30.3 Å². The molecule has 230 valence electrons. The average molecular weight is 602 g/mol. The summed E-state index contributed by atoms with van der Waals surface area (Å²) in [6, 6.07) is 11.4. The molecule has 0 bridgehead atoms. The second kappa shape index (κ2) is 10.1. The molecule has 5 rings (SSSR count). The number of hydrogen-bond acceptors (Lipinski definition) is 12. The molecule has 2 aromatic carbocycles. The minimum Gasteiger partial charge on any atom is -0.509 e. The van der Waals surface area contributed by atoms with Gasteiger partial charge in [-0.25, -0.2) is 0 Å². The normalized spacial score (nSPS) is 27.8. The highest BCUT2D eigenvalue weighted by molar-refractivity contribution is 6.25. The van der Waals surface area contributed by atoms with Gasteiger partial charge in [-0.3, -0.25) is 19.3 Å². The Morgan fingerprint density at radius 1 is 1.11 bits per heavy atom. The molecule has 1 fully saturated rings. The zero-order chi connectivity index (χ0) is 32.5. The monoisotopic (exact) mass is 601 g/mol. The number of hydrogen-bond donors (Lipinski definition) is 7. The second-order valence-corrected chi connectivity index (χ2v) is 12.2. The number of nitriles is 1. The number of nitrogens with zero attached hydrogens (tertiary/aromatic N) is 3. The summed E-state index contributed by atoms with van der Waals surface area (Å²) in [6.45, 7) is 0.332. The molecule has 2 aromatic rings. The third-order valence-electron chi connectivity index (χ3n) is 9.03. The highest BCUT2D eigenvalue weighted by atomic mass is 16.3. The molecule has 3 aliphatic rings. The van der Waals surface area contributed by atoms with Crippen LogP contribution < -0.4 is 27.4 Å². The Hall–Kier alpha value is -4.90. The Kier molecular flexibility index (Phi) is 7.01. The first-order valence-corrected chi connectivity index (χ1v) is 13.8. The predicted molar refractivity (Wildman–Crippen MR) is 162 cm³/mol. The van der Waals surface area contributed by atoms with E-state index in [1.165, 1.54) is 19.0 Å². The SMILES string of the molecule is CN(C)c1cc(NCc2ccccc2)c(O)c2c1C[C@@]1(N)C[C@@]3(N)[C@H](N(C)C)C(=O)C(C(N)=O)=C(O)[C@@]3(C#N)C(=O)C1=C2O. The van der Waals surface area contributed by atoms with Crippen LogP contribution in [0.5, 0.6) is 5.75 Å². The van der Waals surface area contributed by atoms with Crippen molar-refractivity contribution in [3.05, 3.63) is 70.0 Å². The van der Waals surface area contributed by atoms with Crippen LogP contribution in [0.4, 0.5) is 11.4 Å². The van der Waals surface area contributed by atoms with Crippen LogP contribution >= 0.6 is 0 Å². The number of aromatic hydroxyl groups is 1. The summed E-state index contributed by atoms with van der Waals surface area (Å²) in [5, 5.41) is 48.4. The summed E-state index contributed by atoms with van der Waals surface area (Å²) >= 11 is 0. The quantitative estimate of drug-likeness (QED) is 0.178. The Labute approximate surface area is 253 Å². The van der Waals surface area contributed by atoms with Crippen molar-refractivity contribution in [3.63, 3.8) is 0 Å². The van der Waals surface area contributed by atoms with E-state index >= 15 is 0 Å². The van der Waals surface area contributed by atoms with Crippen LogP contribution in [-0.2, 0) is 27.3 Å². The van der Waals surface area contributed by atoms with Crippen LogP contribution in [0.1, 0.15) is 23.1 Å². The molecular weight excluding hydrogens is 566 g/mol. The molecule has 0 saturated heterocycles. The largest absolute Gasteiger partial charge is 0.509 e. The van der Waals surface area contributed by atoms with Crippen molar-refractivity contribution in [1.82, 2.24) is 4.90 Å². The van der Waals surface area contributed by atoms with E-state index in [2.05, 4.69) is 5.32 Å². The number of benzene rings is 2. The molecule has 0 aromatic heterocycles. The third-order valence-corrected chi connectivity index (χ3v) is 9.03. The van der Waals surface area contributed by atoms with Crippen molar-refractivity contribution in [2.45, 2.75) is 36.5 Å². The first-order chi connectivity index (χ1) is 20.6. The molecule has 0 heterocycles. The molecule has 13 heteroatoms. The van der Waals surface area contributed by atoms with E-state index in [0.717, 1.165) is 5.56 Å². The first kappa shape index (κ1) is 30.6. The minimum absolute atomic E-state index is 0.0802. The van der Waals surface area contributed by atoms with Gasteiger partial charge in [0.2, 0.25) is 0 Å². The van der Waals surface area contributed by atoms with Gasteiger partial charge in [-0.05, 0) is 44.1 Å². The summed E-state index contributed by atoms with van der Waals surface area (Å²) in [5.74, 6) is -5.75. The minimum atomic E-state index is -2.72. The second-order valence-electron chi connectivity index (χ2n) is 12.2. The van der Waals surface area contributed by atoms with Crippen molar-refractivity contribution in [2.24, 2.45) is 22.6 Å². The zero-order valence-corrected chi connectivity index (χ0v) is 24.8. The van der Waals surface area contributed by atoms with E-state index in [4.69, 9.17) is 17.2 Å². The van der Waals surface area contributed by atoms with Gasteiger partial charge in [0.15, 0.2) is 17.0 Å². The number of anilines is 2. The maximum atomic E-state index is 14.6. The molecule has 44 heavy (non-hydrogen) atoms. The molecule has 4 atom stereocenters. The summed E-state index contributed by atoms with van der Waals surface area (Å²) in [5.41, 5.74) is 13.3. The molecule has 1 saturated carbocycles. The lowest BCUT2D eigenvalue weighted by Crippen LogP contribution is -2.80. The Morgan fingerprint density at radius 2 is 1.75 bits per heavy atom. The van der Waals surface area contributed by atoms with E-state index in [0.29, 0.717) is 17.8 Å². The molecule has 13 nitrogen and oxygen atoms in total. The van der Waals surface area contributed by atoms with Gasteiger partial charge in [-0.1, -0.05) is 30.3 Å². The number of rotatable bonds is 6. The number of fused-ring (bicyclic) bond motifs is 3. The predicted octanol–water partition coefficient (Wildman–Crippen LogP) is 0.584. The molecule has 0 unspecified atom stereocenters. The Bertz CT molecular complexity index is 1730.